The molecule has 2 bridgehead atoms. The van der Waals surface area contributed by atoms with Crippen molar-refractivity contribution in [1.29, 1.82) is 0 Å². The number of hydrogen-bond acceptors (Lipinski definition) is 12. The van der Waals surface area contributed by atoms with Crippen LogP contribution in [0.1, 0.15) is 95.4 Å². The Morgan fingerprint density at radius 2 is 1.72 bits per heavy atom. The molecule has 0 saturated carbocycles. The highest BCUT2D eigenvalue weighted by Gasteiger charge is 2.61. The number of esters is 2. The van der Waals surface area contributed by atoms with Crippen LogP contribution < -0.4 is 0 Å². The zero-order valence-corrected chi connectivity index (χ0v) is 32.7. The molecule has 14 atom stereocenters. The first kappa shape index (κ1) is 40.5. The number of carbonyl (C=O) groups is 3. The number of hydrogen-bond donors (Lipinski definition) is 1. The van der Waals surface area contributed by atoms with E-state index in [-0.39, 0.29) is 24.0 Å². The van der Waals surface area contributed by atoms with Crippen molar-refractivity contribution in [2.24, 2.45) is 28.7 Å². The van der Waals surface area contributed by atoms with Gasteiger partial charge >= 0.3 is 18.0 Å². The number of fused-ring (bicyclic) bond motifs is 1. The number of rotatable bonds is 6. The zero-order valence-electron chi connectivity index (χ0n) is 32.7. The summed E-state index contributed by atoms with van der Waals surface area (Å²) in [5.41, 5.74) is -1.98. The van der Waals surface area contributed by atoms with Gasteiger partial charge in [-0.05, 0) is 80.8 Å². The molecule has 0 aromatic rings. The third kappa shape index (κ3) is 7.72. The van der Waals surface area contributed by atoms with Gasteiger partial charge in [0.2, 0.25) is 0 Å². The maximum Gasteiger partial charge on any atom is 0.411 e. The quantitative estimate of drug-likeness (QED) is 0.313. The molecule has 4 aliphatic heterocycles. The summed E-state index contributed by atoms with van der Waals surface area (Å²) in [5, 5.41) is 11.9. The molecule has 4 aliphatic rings. The first-order chi connectivity index (χ1) is 23.1. The molecule has 4 heterocycles. The van der Waals surface area contributed by atoms with E-state index in [1.807, 2.05) is 67.5 Å². The van der Waals surface area contributed by atoms with Crippen molar-refractivity contribution in [3.63, 3.8) is 0 Å². The molecule has 1 N–H and O–H groups in total. The predicted molar refractivity (Wildman–Crippen MR) is 187 cm³/mol. The Hall–Kier alpha value is -2.32. The van der Waals surface area contributed by atoms with Crippen LogP contribution in [0, 0.1) is 23.7 Å². The highest BCUT2D eigenvalue weighted by Crippen LogP contribution is 2.45. The van der Waals surface area contributed by atoms with Gasteiger partial charge in [-0.2, -0.15) is 0 Å². The fourth-order valence-corrected chi connectivity index (χ4v) is 9.12. The lowest BCUT2D eigenvalue weighted by molar-refractivity contribution is -0.303. The van der Waals surface area contributed by atoms with Gasteiger partial charge < -0.3 is 38.4 Å². The third-order valence-electron chi connectivity index (χ3n) is 11.7. The number of cyclic esters (lactones) is 1. The SMILES string of the molecule is CC[C@H]1OC(=O)[C@H](C)[C@@H](O)[C@H](C)[C@@H](O[C@@H]2O[C@H](C)C[C@H](N(C)C)[C@H]2OC(C)=O)[C@](C)(OC)C[C@@H](C)C2=NC(C)(C)CN3C(=O)O[C@@]1(C)[C@H]3[C@H]2C. The van der Waals surface area contributed by atoms with Crippen molar-refractivity contribution >= 4 is 23.7 Å². The minimum absolute atomic E-state index is 0.183. The maximum absolute atomic E-state index is 13.9. The highest BCUT2D eigenvalue weighted by atomic mass is 16.7. The van der Waals surface area contributed by atoms with E-state index >= 15 is 0 Å². The average molecular weight is 710 g/mol. The van der Waals surface area contributed by atoms with Crippen molar-refractivity contribution in [3.05, 3.63) is 0 Å². The molecule has 0 radical (unpaired) electrons. The summed E-state index contributed by atoms with van der Waals surface area (Å²) in [6.45, 7) is 20.9. The predicted octanol–water partition coefficient (Wildman–Crippen LogP) is 4.22. The van der Waals surface area contributed by atoms with Crippen LogP contribution in [-0.2, 0) is 38.0 Å². The van der Waals surface area contributed by atoms with Gasteiger partial charge in [0.15, 0.2) is 18.0 Å². The van der Waals surface area contributed by atoms with Crippen molar-refractivity contribution in [2.45, 2.75) is 161 Å². The number of ether oxygens (including phenoxy) is 6. The van der Waals surface area contributed by atoms with Gasteiger partial charge in [-0.3, -0.25) is 19.5 Å². The van der Waals surface area contributed by atoms with E-state index in [2.05, 4.69) is 13.8 Å². The van der Waals surface area contributed by atoms with Gasteiger partial charge in [-0.15, -0.1) is 0 Å². The molecule has 0 spiro atoms. The fourth-order valence-electron chi connectivity index (χ4n) is 9.12. The second-order valence-corrected chi connectivity index (χ2v) is 16.6. The van der Waals surface area contributed by atoms with Crippen LogP contribution in [0.4, 0.5) is 4.79 Å². The average Bonchev–Trinajstić information content (AvgIpc) is 3.20. The third-order valence-corrected chi connectivity index (χ3v) is 11.7. The topological polar surface area (TPSA) is 146 Å². The van der Waals surface area contributed by atoms with E-state index in [4.69, 9.17) is 33.4 Å². The molecule has 3 saturated heterocycles. The highest BCUT2D eigenvalue weighted by molar-refractivity contribution is 5.91. The fraction of sp³-hybridized carbons (Fsp3) is 0.892. The molecule has 50 heavy (non-hydrogen) atoms. The molecule has 0 aromatic heterocycles. The van der Waals surface area contributed by atoms with E-state index in [9.17, 15) is 19.5 Å². The summed E-state index contributed by atoms with van der Waals surface area (Å²) in [7, 11) is 5.45. The Morgan fingerprint density at radius 1 is 1.08 bits per heavy atom. The zero-order chi connectivity index (χ0) is 37.7. The summed E-state index contributed by atoms with van der Waals surface area (Å²) in [6, 6.07) is -0.667. The number of methoxy groups -OCH3 is 1. The van der Waals surface area contributed by atoms with Gasteiger partial charge in [0.05, 0.1) is 47.5 Å². The monoisotopic (exact) mass is 709 g/mol. The van der Waals surface area contributed by atoms with Crippen LogP contribution in [0.5, 0.6) is 0 Å². The van der Waals surface area contributed by atoms with Crippen molar-refractivity contribution in [3.8, 4) is 0 Å². The van der Waals surface area contributed by atoms with Crippen LogP contribution in [0.15, 0.2) is 4.99 Å². The van der Waals surface area contributed by atoms with Crippen molar-refractivity contribution in [2.75, 3.05) is 27.7 Å². The number of nitrogens with zero attached hydrogens (tertiary/aromatic N) is 3. The Labute approximate surface area is 298 Å². The molecule has 4 rings (SSSR count). The molecule has 0 unspecified atom stereocenters. The Kier molecular flexibility index (Phi) is 12.1. The van der Waals surface area contributed by atoms with E-state index < -0.39 is 83.4 Å². The summed E-state index contributed by atoms with van der Waals surface area (Å²) < 4.78 is 37.9. The normalized spacial score (nSPS) is 44.1. The summed E-state index contributed by atoms with van der Waals surface area (Å²) in [5.74, 6) is -3.19. The summed E-state index contributed by atoms with van der Waals surface area (Å²) >= 11 is 0. The molecular formula is C37H63N3O10. The first-order valence-corrected chi connectivity index (χ1v) is 18.3. The molecule has 13 nitrogen and oxygen atoms in total. The number of carbonyl (C=O) groups excluding carboxylic acids is 3. The summed E-state index contributed by atoms with van der Waals surface area (Å²) in [4.78, 5) is 48.9. The summed E-state index contributed by atoms with van der Waals surface area (Å²) in [6.07, 6.45) is -3.88. The van der Waals surface area contributed by atoms with Crippen LogP contribution in [0.25, 0.3) is 0 Å². The molecule has 286 valence electrons. The van der Waals surface area contributed by atoms with Gasteiger partial charge in [0.1, 0.15) is 6.10 Å². The number of aliphatic imine (C=N–C) groups is 1. The molecule has 13 heteroatoms. The van der Waals surface area contributed by atoms with E-state index in [0.717, 1.165) is 5.71 Å². The number of aliphatic hydroxyl groups is 1. The number of amides is 1. The standard InChI is InChI=1S/C37H63N3O10/c1-15-26-37(11)30-21(4)27(38-35(8,9)18-40(30)34(44)50-37)19(2)17-36(10,45-14)31(22(5)28(42)23(6)32(43)48-26)49-33-29(47-24(7)41)25(39(12)13)16-20(3)46-33/h19-23,25-26,28-31,33,42H,15-18H2,1-14H3/t19-,20-,21+,22+,23-,25+,26-,28+,29-,30-,31-,33+,36-,37-/m1/s1. The smallest absolute Gasteiger partial charge is 0.411 e. The molecule has 3 fully saturated rings. The van der Waals surface area contributed by atoms with E-state index in [0.29, 0.717) is 25.8 Å². The lowest BCUT2D eigenvalue weighted by atomic mass is 9.72. The lowest BCUT2D eigenvalue weighted by Crippen LogP contribution is -2.61. The van der Waals surface area contributed by atoms with Gasteiger partial charge in [0.25, 0.3) is 0 Å². The molecular weight excluding hydrogens is 646 g/mol. The maximum atomic E-state index is 13.9. The second-order valence-electron chi connectivity index (χ2n) is 16.6. The Bertz CT molecular complexity index is 1290. The lowest BCUT2D eigenvalue weighted by Gasteiger charge is -2.49. The van der Waals surface area contributed by atoms with E-state index in [1.165, 1.54) is 6.92 Å². The Balaban J connectivity index is 1.87. The second kappa shape index (κ2) is 15.0. The van der Waals surface area contributed by atoms with Crippen LogP contribution >= 0.6 is 0 Å². The Morgan fingerprint density at radius 3 is 2.28 bits per heavy atom. The van der Waals surface area contributed by atoms with Crippen molar-refractivity contribution < 1.29 is 47.9 Å². The molecule has 0 aromatic carbocycles. The van der Waals surface area contributed by atoms with Crippen LogP contribution in [0.2, 0.25) is 0 Å². The minimum atomic E-state index is -1.23. The van der Waals surface area contributed by atoms with E-state index in [1.54, 1.807) is 18.9 Å². The van der Waals surface area contributed by atoms with Gasteiger partial charge in [-0.1, -0.05) is 27.7 Å². The largest absolute Gasteiger partial charge is 0.458 e. The van der Waals surface area contributed by atoms with Gasteiger partial charge in [-0.25, -0.2) is 4.79 Å². The van der Waals surface area contributed by atoms with Gasteiger partial charge in [0, 0.05) is 38.1 Å². The minimum Gasteiger partial charge on any atom is -0.458 e. The first-order valence-electron chi connectivity index (χ1n) is 18.3. The number of aliphatic hydroxyl groups excluding tert-OH is 1. The van der Waals surface area contributed by atoms with Crippen LogP contribution in [-0.4, -0.2) is 132 Å². The van der Waals surface area contributed by atoms with Crippen molar-refractivity contribution in [1.82, 2.24) is 9.80 Å². The molecule has 1 amide bonds. The van der Waals surface area contributed by atoms with Crippen LogP contribution in [0.3, 0.4) is 0 Å². The molecule has 0 aliphatic carbocycles. The number of likely N-dealkylation sites (N-methyl/N-ethyl adjacent to an activating group) is 1.